The molecule has 2 aromatic heterocycles. The fourth-order valence-corrected chi connectivity index (χ4v) is 2.58. The number of hydrogen-bond acceptors (Lipinski definition) is 5. The Morgan fingerprint density at radius 3 is 2.86 bits per heavy atom. The SMILES string of the molecule is Cc1cc(=O)[nH]c(SCC(=O)Nc2ncc(Cl)cc2Cl)n1. The summed E-state index contributed by atoms with van der Waals surface area (Å²) in [6.07, 6.45) is 1.38. The van der Waals surface area contributed by atoms with Crippen LogP contribution in [0.3, 0.4) is 0 Å². The number of aryl methyl sites for hydroxylation is 1. The van der Waals surface area contributed by atoms with Crippen LogP contribution in [0.5, 0.6) is 0 Å². The molecule has 0 fully saturated rings. The zero-order valence-electron chi connectivity index (χ0n) is 10.8. The molecule has 0 saturated heterocycles. The predicted octanol–water partition coefficient (Wildman–Crippen LogP) is 2.51. The van der Waals surface area contributed by atoms with Gasteiger partial charge in [-0.05, 0) is 13.0 Å². The van der Waals surface area contributed by atoms with Crippen LogP contribution in [0.2, 0.25) is 10.0 Å². The molecule has 0 unspecified atom stereocenters. The normalized spacial score (nSPS) is 10.4. The number of aromatic amines is 1. The third-order valence-electron chi connectivity index (χ3n) is 2.25. The lowest BCUT2D eigenvalue weighted by atomic mass is 10.4. The number of carbonyl (C=O) groups is 1. The van der Waals surface area contributed by atoms with Gasteiger partial charge >= 0.3 is 0 Å². The van der Waals surface area contributed by atoms with Crippen molar-refractivity contribution in [1.29, 1.82) is 0 Å². The Labute approximate surface area is 134 Å². The Hall–Kier alpha value is -1.57. The van der Waals surface area contributed by atoms with Crippen LogP contribution in [0.4, 0.5) is 5.82 Å². The van der Waals surface area contributed by atoms with E-state index in [4.69, 9.17) is 23.2 Å². The van der Waals surface area contributed by atoms with E-state index in [-0.39, 0.29) is 28.1 Å². The maximum absolute atomic E-state index is 11.8. The summed E-state index contributed by atoms with van der Waals surface area (Å²) in [7, 11) is 0. The van der Waals surface area contributed by atoms with Crippen molar-refractivity contribution in [2.75, 3.05) is 11.1 Å². The fraction of sp³-hybridized carbons (Fsp3) is 0.167. The molecule has 2 rings (SSSR count). The van der Waals surface area contributed by atoms with E-state index >= 15 is 0 Å². The third-order valence-corrected chi connectivity index (χ3v) is 3.62. The van der Waals surface area contributed by atoms with Gasteiger partial charge in [-0.1, -0.05) is 35.0 Å². The average molecular weight is 345 g/mol. The average Bonchev–Trinajstić information content (AvgIpc) is 2.39. The van der Waals surface area contributed by atoms with Crippen LogP contribution in [-0.2, 0) is 4.79 Å². The second-order valence-electron chi connectivity index (χ2n) is 4.01. The van der Waals surface area contributed by atoms with Gasteiger partial charge in [0.15, 0.2) is 11.0 Å². The smallest absolute Gasteiger partial charge is 0.251 e. The second-order valence-corrected chi connectivity index (χ2v) is 5.82. The molecule has 0 aliphatic carbocycles. The van der Waals surface area contributed by atoms with Gasteiger partial charge in [0.1, 0.15) is 0 Å². The molecule has 0 aromatic carbocycles. The number of nitrogens with one attached hydrogen (secondary N) is 2. The van der Waals surface area contributed by atoms with Gasteiger partial charge in [0.2, 0.25) is 5.91 Å². The number of aromatic nitrogens is 3. The molecule has 2 heterocycles. The van der Waals surface area contributed by atoms with E-state index in [2.05, 4.69) is 20.3 Å². The van der Waals surface area contributed by atoms with Crippen molar-refractivity contribution in [2.45, 2.75) is 12.1 Å². The first kappa shape index (κ1) is 15.8. The van der Waals surface area contributed by atoms with Crippen LogP contribution < -0.4 is 10.9 Å². The van der Waals surface area contributed by atoms with Crippen LogP contribution in [0.25, 0.3) is 0 Å². The Morgan fingerprint density at radius 1 is 1.43 bits per heavy atom. The standard InChI is InChI=1S/C12H10Cl2N4O2S/c1-6-2-9(19)18-12(16-6)21-5-10(20)17-11-8(14)3-7(13)4-15-11/h2-4H,5H2,1H3,(H,15,17,20)(H,16,18,19). The summed E-state index contributed by atoms with van der Waals surface area (Å²) in [5, 5.41) is 3.57. The van der Waals surface area contributed by atoms with Gasteiger partial charge in [-0.2, -0.15) is 0 Å². The minimum Gasteiger partial charge on any atom is -0.309 e. The maximum Gasteiger partial charge on any atom is 0.251 e. The number of halogens is 2. The minimum absolute atomic E-state index is 0.0625. The molecule has 0 spiro atoms. The van der Waals surface area contributed by atoms with E-state index in [1.165, 1.54) is 18.3 Å². The number of rotatable bonds is 4. The van der Waals surface area contributed by atoms with Crippen molar-refractivity contribution in [3.8, 4) is 0 Å². The van der Waals surface area contributed by atoms with E-state index in [9.17, 15) is 9.59 Å². The molecule has 110 valence electrons. The monoisotopic (exact) mass is 344 g/mol. The van der Waals surface area contributed by atoms with Gasteiger partial charge in [0, 0.05) is 18.0 Å². The number of thioether (sulfide) groups is 1. The van der Waals surface area contributed by atoms with Crippen LogP contribution in [0.1, 0.15) is 5.69 Å². The summed E-state index contributed by atoms with van der Waals surface area (Å²) >= 11 is 12.7. The Kier molecular flexibility index (Phi) is 5.22. The summed E-state index contributed by atoms with van der Waals surface area (Å²) in [4.78, 5) is 33.7. The molecule has 1 amide bonds. The molecule has 0 atom stereocenters. The van der Waals surface area contributed by atoms with Crippen LogP contribution in [0, 0.1) is 6.92 Å². The molecule has 2 N–H and O–H groups in total. The van der Waals surface area contributed by atoms with Crippen molar-refractivity contribution in [3.05, 3.63) is 44.4 Å². The van der Waals surface area contributed by atoms with Crippen molar-refractivity contribution < 1.29 is 4.79 Å². The van der Waals surface area contributed by atoms with E-state index in [1.54, 1.807) is 6.92 Å². The molecular weight excluding hydrogens is 335 g/mol. The Balaban J connectivity index is 1.97. The van der Waals surface area contributed by atoms with Gasteiger partial charge in [-0.3, -0.25) is 9.59 Å². The zero-order chi connectivity index (χ0) is 15.4. The molecule has 9 heteroatoms. The second kappa shape index (κ2) is 6.93. The quantitative estimate of drug-likeness (QED) is 0.657. The van der Waals surface area contributed by atoms with E-state index in [1.807, 2.05) is 0 Å². The van der Waals surface area contributed by atoms with Crippen LogP contribution in [0.15, 0.2) is 28.3 Å². The lowest BCUT2D eigenvalue weighted by Crippen LogP contribution is -2.16. The number of pyridine rings is 1. The number of hydrogen-bond donors (Lipinski definition) is 2. The van der Waals surface area contributed by atoms with Crippen LogP contribution in [-0.4, -0.2) is 26.6 Å². The fourth-order valence-electron chi connectivity index (χ4n) is 1.43. The number of nitrogens with zero attached hydrogens (tertiary/aromatic N) is 2. The van der Waals surface area contributed by atoms with E-state index in [0.29, 0.717) is 15.9 Å². The Morgan fingerprint density at radius 2 is 2.19 bits per heavy atom. The lowest BCUT2D eigenvalue weighted by molar-refractivity contribution is -0.113. The number of anilines is 1. The first-order chi connectivity index (χ1) is 9.94. The molecule has 2 aromatic rings. The van der Waals surface area contributed by atoms with Gasteiger partial charge in [0.25, 0.3) is 5.56 Å². The molecule has 0 saturated carbocycles. The third kappa shape index (κ3) is 4.73. The molecule has 6 nitrogen and oxygen atoms in total. The highest BCUT2D eigenvalue weighted by Gasteiger charge is 2.09. The van der Waals surface area contributed by atoms with Crippen molar-refractivity contribution in [1.82, 2.24) is 15.0 Å². The van der Waals surface area contributed by atoms with Gasteiger partial charge in [-0.15, -0.1) is 0 Å². The van der Waals surface area contributed by atoms with Gasteiger partial charge in [0.05, 0.1) is 15.8 Å². The van der Waals surface area contributed by atoms with Gasteiger partial charge in [-0.25, -0.2) is 9.97 Å². The van der Waals surface area contributed by atoms with E-state index in [0.717, 1.165) is 11.8 Å². The summed E-state index contributed by atoms with van der Waals surface area (Å²) in [6.45, 7) is 1.71. The van der Waals surface area contributed by atoms with E-state index < -0.39 is 0 Å². The number of amides is 1. The summed E-state index contributed by atoms with van der Waals surface area (Å²) in [6, 6.07) is 2.86. The highest BCUT2D eigenvalue weighted by molar-refractivity contribution is 7.99. The highest BCUT2D eigenvalue weighted by atomic mass is 35.5. The molecular formula is C12H10Cl2N4O2S. The van der Waals surface area contributed by atoms with Crippen molar-refractivity contribution in [2.24, 2.45) is 0 Å². The summed E-state index contributed by atoms with van der Waals surface area (Å²) < 4.78 is 0. The predicted molar refractivity (Wildman–Crippen MR) is 83.2 cm³/mol. The molecule has 0 radical (unpaired) electrons. The molecule has 0 aliphatic heterocycles. The van der Waals surface area contributed by atoms with Crippen LogP contribution >= 0.6 is 35.0 Å². The lowest BCUT2D eigenvalue weighted by Gasteiger charge is -2.06. The first-order valence-electron chi connectivity index (χ1n) is 5.75. The molecule has 0 bridgehead atoms. The zero-order valence-corrected chi connectivity index (χ0v) is 13.1. The molecule has 0 aliphatic rings. The number of H-pyrrole nitrogens is 1. The molecule has 21 heavy (non-hydrogen) atoms. The van der Waals surface area contributed by atoms with Crippen molar-refractivity contribution >= 4 is 46.7 Å². The van der Waals surface area contributed by atoms with Crippen molar-refractivity contribution in [3.63, 3.8) is 0 Å². The van der Waals surface area contributed by atoms with Gasteiger partial charge < -0.3 is 10.3 Å². The number of carbonyl (C=O) groups excluding carboxylic acids is 1. The maximum atomic E-state index is 11.8. The summed E-state index contributed by atoms with van der Waals surface area (Å²) in [5.41, 5.74) is 0.330. The summed E-state index contributed by atoms with van der Waals surface area (Å²) in [5.74, 6) is -0.0224. The Bertz CT molecular complexity index is 735. The largest absolute Gasteiger partial charge is 0.309 e. The highest BCUT2D eigenvalue weighted by Crippen LogP contribution is 2.22. The topological polar surface area (TPSA) is 87.7 Å². The first-order valence-corrected chi connectivity index (χ1v) is 7.50. The minimum atomic E-state index is -0.319.